The lowest BCUT2D eigenvalue weighted by molar-refractivity contribution is -0.141. The molecule has 3 rings (SSSR count). The van der Waals surface area contributed by atoms with E-state index in [1.807, 2.05) is 0 Å². The van der Waals surface area contributed by atoms with E-state index in [4.69, 9.17) is 15.2 Å². The maximum absolute atomic E-state index is 12.4. The third kappa shape index (κ3) is 5.50. The van der Waals surface area contributed by atoms with Gasteiger partial charge < -0.3 is 25.1 Å². The van der Waals surface area contributed by atoms with Crippen molar-refractivity contribution in [1.29, 1.82) is 0 Å². The highest BCUT2D eigenvalue weighted by molar-refractivity contribution is 5.81. The van der Waals surface area contributed by atoms with Gasteiger partial charge in [-0.2, -0.15) is 9.97 Å². The van der Waals surface area contributed by atoms with Crippen molar-refractivity contribution in [3.05, 3.63) is 10.5 Å². The van der Waals surface area contributed by atoms with E-state index in [2.05, 4.69) is 26.8 Å². The van der Waals surface area contributed by atoms with Gasteiger partial charge in [-0.25, -0.2) is 4.79 Å². The predicted octanol–water partition coefficient (Wildman–Crippen LogP) is 1.55. The molecule has 0 amide bonds. The zero-order valence-corrected chi connectivity index (χ0v) is 17.9. The lowest BCUT2D eigenvalue weighted by Gasteiger charge is -2.31. The number of H-pyrrole nitrogens is 1. The summed E-state index contributed by atoms with van der Waals surface area (Å²) in [5.41, 5.74) is 6.68. The first-order valence-electron chi connectivity index (χ1n) is 10.7. The van der Waals surface area contributed by atoms with Crippen LogP contribution in [0.15, 0.2) is 4.79 Å². The Hall–Kier alpha value is -2.62. The summed E-state index contributed by atoms with van der Waals surface area (Å²) in [6.07, 6.45) is 5.35. The first kappa shape index (κ1) is 22.1. The SMILES string of the molecule is CCCCOc1nc(N)c2[nH]c(=O)n(CCN3CCC(CCC(=O)OC)CC3)c2n1. The quantitative estimate of drug-likeness (QED) is 0.438. The molecule has 1 aliphatic rings. The summed E-state index contributed by atoms with van der Waals surface area (Å²) in [6, 6.07) is 0.202. The lowest BCUT2D eigenvalue weighted by atomic mass is 9.92. The van der Waals surface area contributed by atoms with E-state index in [0.717, 1.165) is 51.7 Å². The normalized spacial score (nSPS) is 15.5. The molecule has 0 aliphatic carbocycles. The number of imidazole rings is 1. The Labute approximate surface area is 175 Å². The topological polar surface area (TPSA) is 128 Å². The number of hydrogen-bond acceptors (Lipinski definition) is 8. The Bertz CT molecular complexity index is 901. The minimum absolute atomic E-state index is 0.143. The summed E-state index contributed by atoms with van der Waals surface area (Å²) in [5.74, 6) is 0.621. The molecule has 3 heterocycles. The van der Waals surface area contributed by atoms with Gasteiger partial charge in [-0.1, -0.05) is 13.3 Å². The molecule has 0 aromatic carbocycles. The van der Waals surface area contributed by atoms with Crippen molar-refractivity contribution in [3.63, 3.8) is 0 Å². The summed E-state index contributed by atoms with van der Waals surface area (Å²) in [7, 11) is 1.43. The van der Waals surface area contributed by atoms with Crippen LogP contribution in [0.5, 0.6) is 6.01 Å². The largest absolute Gasteiger partial charge is 0.469 e. The number of aromatic nitrogens is 4. The molecular formula is C20H32N6O4. The monoisotopic (exact) mass is 420 g/mol. The molecule has 30 heavy (non-hydrogen) atoms. The molecule has 1 saturated heterocycles. The molecule has 2 aromatic rings. The number of piperidine rings is 1. The fraction of sp³-hybridized carbons (Fsp3) is 0.700. The standard InChI is InChI=1S/C20H32N6O4/c1-3-4-13-30-19-23-17(21)16-18(24-19)26(20(28)22-16)12-11-25-9-7-14(8-10-25)5-6-15(27)29-2/h14H,3-13H2,1-2H3,(H,22,28)(H2,21,23,24). The van der Waals surface area contributed by atoms with Crippen LogP contribution in [0.25, 0.3) is 11.2 Å². The van der Waals surface area contributed by atoms with Crippen LogP contribution in [0, 0.1) is 5.92 Å². The minimum atomic E-state index is -0.246. The van der Waals surface area contributed by atoms with Gasteiger partial charge in [0.2, 0.25) is 0 Å². The van der Waals surface area contributed by atoms with E-state index >= 15 is 0 Å². The molecule has 10 nitrogen and oxygen atoms in total. The Balaban J connectivity index is 1.59. The van der Waals surface area contributed by atoms with Crippen molar-refractivity contribution in [2.75, 3.05) is 39.1 Å². The molecule has 1 fully saturated rings. The van der Waals surface area contributed by atoms with Crippen LogP contribution in [0.4, 0.5) is 5.82 Å². The van der Waals surface area contributed by atoms with Crippen LogP contribution >= 0.6 is 0 Å². The number of ether oxygens (including phenoxy) is 2. The van der Waals surface area contributed by atoms with Gasteiger partial charge in [-0.3, -0.25) is 9.36 Å². The Kier molecular flexibility index (Phi) is 7.67. The number of nitrogens with one attached hydrogen (secondary N) is 1. The van der Waals surface area contributed by atoms with Crippen molar-refractivity contribution in [2.24, 2.45) is 5.92 Å². The summed E-state index contributed by atoms with van der Waals surface area (Å²) in [5, 5.41) is 0. The molecule has 10 heteroatoms. The molecule has 0 unspecified atom stereocenters. The first-order valence-corrected chi connectivity index (χ1v) is 10.7. The van der Waals surface area contributed by atoms with Gasteiger partial charge >= 0.3 is 17.7 Å². The average Bonchev–Trinajstić information content (AvgIpc) is 3.07. The molecule has 0 bridgehead atoms. The number of methoxy groups -OCH3 is 1. The van der Waals surface area contributed by atoms with Crippen molar-refractivity contribution in [3.8, 4) is 6.01 Å². The van der Waals surface area contributed by atoms with Gasteiger partial charge in [0.15, 0.2) is 11.5 Å². The Morgan fingerprint density at radius 1 is 1.27 bits per heavy atom. The van der Waals surface area contributed by atoms with Crippen molar-refractivity contribution in [2.45, 2.75) is 52.0 Å². The number of nitrogens with two attached hydrogens (primary N) is 1. The number of unbranched alkanes of at least 4 members (excludes halogenated alkanes) is 1. The van der Waals surface area contributed by atoms with Crippen molar-refractivity contribution >= 4 is 23.0 Å². The average molecular weight is 421 g/mol. The number of hydrogen-bond donors (Lipinski definition) is 2. The molecule has 0 atom stereocenters. The van der Waals surface area contributed by atoms with Crippen molar-refractivity contribution in [1.82, 2.24) is 24.4 Å². The van der Waals surface area contributed by atoms with Gasteiger partial charge in [-0.05, 0) is 44.7 Å². The molecule has 1 aliphatic heterocycles. The number of fused-ring (bicyclic) bond motifs is 1. The second-order valence-corrected chi connectivity index (χ2v) is 7.77. The van der Waals surface area contributed by atoms with E-state index in [-0.39, 0.29) is 23.5 Å². The zero-order valence-electron chi connectivity index (χ0n) is 17.9. The molecule has 0 saturated carbocycles. The number of esters is 1. The highest BCUT2D eigenvalue weighted by atomic mass is 16.5. The maximum Gasteiger partial charge on any atom is 0.327 e. The molecule has 3 N–H and O–H groups in total. The van der Waals surface area contributed by atoms with Gasteiger partial charge in [0.25, 0.3) is 0 Å². The predicted molar refractivity (Wildman–Crippen MR) is 113 cm³/mol. The van der Waals surface area contributed by atoms with E-state index in [1.54, 1.807) is 4.57 Å². The van der Waals surface area contributed by atoms with Crippen LogP contribution < -0.4 is 16.2 Å². The molecule has 2 aromatic heterocycles. The number of carbonyl (C=O) groups excluding carboxylic acids is 1. The smallest absolute Gasteiger partial charge is 0.327 e. The number of carbonyl (C=O) groups is 1. The van der Waals surface area contributed by atoms with Crippen LogP contribution in [0.2, 0.25) is 0 Å². The third-order valence-electron chi connectivity index (χ3n) is 5.69. The second kappa shape index (κ2) is 10.4. The van der Waals surface area contributed by atoms with Gasteiger partial charge in [-0.15, -0.1) is 0 Å². The van der Waals surface area contributed by atoms with Crippen LogP contribution in [0.3, 0.4) is 0 Å². The number of aromatic amines is 1. The van der Waals surface area contributed by atoms with Crippen LogP contribution in [-0.4, -0.2) is 63.7 Å². The van der Waals surface area contributed by atoms with Gasteiger partial charge in [0, 0.05) is 19.5 Å². The van der Waals surface area contributed by atoms with Crippen molar-refractivity contribution < 1.29 is 14.3 Å². The third-order valence-corrected chi connectivity index (χ3v) is 5.69. The summed E-state index contributed by atoms with van der Waals surface area (Å²) in [4.78, 5) is 37.4. The Morgan fingerprint density at radius 3 is 2.73 bits per heavy atom. The lowest BCUT2D eigenvalue weighted by Crippen LogP contribution is -2.37. The number of nitrogens with zero attached hydrogens (tertiary/aromatic N) is 4. The second-order valence-electron chi connectivity index (χ2n) is 7.77. The van der Waals surface area contributed by atoms with E-state index in [9.17, 15) is 9.59 Å². The number of likely N-dealkylation sites (tertiary alicyclic amines) is 1. The van der Waals surface area contributed by atoms with E-state index < -0.39 is 0 Å². The molecule has 0 spiro atoms. The van der Waals surface area contributed by atoms with Gasteiger partial charge in [0.05, 0.1) is 13.7 Å². The fourth-order valence-corrected chi connectivity index (χ4v) is 3.77. The number of nitrogen functional groups attached to an aromatic ring is 1. The first-order chi connectivity index (χ1) is 14.5. The summed E-state index contributed by atoms with van der Waals surface area (Å²) < 4.78 is 11.9. The fourth-order valence-electron chi connectivity index (χ4n) is 3.77. The van der Waals surface area contributed by atoms with Crippen LogP contribution in [-0.2, 0) is 16.1 Å². The molecular weight excluding hydrogens is 388 g/mol. The van der Waals surface area contributed by atoms with Gasteiger partial charge in [0.1, 0.15) is 5.52 Å². The zero-order chi connectivity index (χ0) is 21.5. The highest BCUT2D eigenvalue weighted by Crippen LogP contribution is 2.22. The molecule has 0 radical (unpaired) electrons. The minimum Gasteiger partial charge on any atom is -0.469 e. The maximum atomic E-state index is 12.4. The van der Waals surface area contributed by atoms with E-state index in [1.165, 1.54) is 7.11 Å². The molecule has 166 valence electrons. The summed E-state index contributed by atoms with van der Waals surface area (Å²) in [6.45, 7) is 5.74. The summed E-state index contributed by atoms with van der Waals surface area (Å²) >= 11 is 0. The number of rotatable bonds is 10. The highest BCUT2D eigenvalue weighted by Gasteiger charge is 2.21. The Morgan fingerprint density at radius 2 is 2.03 bits per heavy atom. The number of anilines is 1. The van der Waals surface area contributed by atoms with E-state index in [0.29, 0.717) is 36.7 Å². The van der Waals surface area contributed by atoms with Crippen LogP contribution in [0.1, 0.15) is 45.4 Å².